The van der Waals surface area contributed by atoms with Gasteiger partial charge in [-0.2, -0.15) is 0 Å². The minimum atomic E-state index is -1.28. The van der Waals surface area contributed by atoms with Gasteiger partial charge in [0.1, 0.15) is 17.4 Å². The predicted octanol–water partition coefficient (Wildman–Crippen LogP) is 3.64. The molecule has 0 saturated carbocycles. The molecule has 0 radical (unpaired) electrons. The summed E-state index contributed by atoms with van der Waals surface area (Å²) in [5.74, 6) is 0.254. The molecule has 0 spiro atoms. The molecule has 1 aromatic heterocycles. The van der Waals surface area contributed by atoms with Crippen molar-refractivity contribution in [2.75, 3.05) is 27.4 Å². The molecule has 0 aliphatic carbocycles. The molecule has 2 N–H and O–H groups in total. The molecule has 1 atom stereocenters. The summed E-state index contributed by atoms with van der Waals surface area (Å²) in [6, 6.07) is 4.87. The number of hydrogen-bond donors (Lipinski definition) is 2. The normalized spacial score (nSPS) is 15.0. The quantitative estimate of drug-likeness (QED) is 0.662. The molecule has 0 saturated heterocycles. The number of carbonyl (C=O) groups is 1. The van der Waals surface area contributed by atoms with E-state index in [9.17, 15) is 14.7 Å². The first-order valence-corrected chi connectivity index (χ1v) is 9.68. The summed E-state index contributed by atoms with van der Waals surface area (Å²) < 4.78 is 22.7. The zero-order chi connectivity index (χ0) is 22.1. The minimum Gasteiger partial charge on any atom is -0.493 e. The highest BCUT2D eigenvalue weighted by Gasteiger charge is 2.37. The van der Waals surface area contributed by atoms with Gasteiger partial charge in [-0.05, 0) is 12.1 Å². The second kappa shape index (κ2) is 8.39. The largest absolute Gasteiger partial charge is 0.493 e. The number of methoxy groups -OCH3 is 2. The standard InChI is InChI=1S/C22H27NO7/c1-22(2,3)19-13-9-14(21(25)26)20(24)23-18(13)12-10-16(28-5)17(11-15(12)30-19)29-8-6-7-27-4/h9-11,19H,6-8H2,1-5H3,(H,23,24)(H,25,26). The van der Waals surface area contributed by atoms with Crippen LogP contribution in [0.25, 0.3) is 11.3 Å². The third-order valence-corrected chi connectivity index (χ3v) is 4.90. The molecule has 8 heteroatoms. The number of aromatic nitrogens is 1. The van der Waals surface area contributed by atoms with E-state index in [4.69, 9.17) is 18.9 Å². The van der Waals surface area contributed by atoms with Crippen molar-refractivity contribution in [3.05, 3.63) is 39.7 Å². The Balaban J connectivity index is 2.14. The summed E-state index contributed by atoms with van der Waals surface area (Å²) in [5.41, 5.74) is 0.402. The van der Waals surface area contributed by atoms with Crippen LogP contribution < -0.4 is 19.8 Å². The van der Waals surface area contributed by atoms with Crippen LogP contribution in [-0.2, 0) is 4.74 Å². The van der Waals surface area contributed by atoms with E-state index in [-0.39, 0.29) is 11.0 Å². The van der Waals surface area contributed by atoms with Crippen LogP contribution in [0, 0.1) is 5.41 Å². The van der Waals surface area contributed by atoms with E-state index in [2.05, 4.69) is 4.98 Å². The molecule has 0 bridgehead atoms. The number of pyridine rings is 1. The maximum atomic E-state index is 12.4. The summed E-state index contributed by atoms with van der Waals surface area (Å²) in [6.07, 6.45) is 0.251. The van der Waals surface area contributed by atoms with Gasteiger partial charge in [-0.1, -0.05) is 20.8 Å². The van der Waals surface area contributed by atoms with Crippen molar-refractivity contribution >= 4 is 5.97 Å². The van der Waals surface area contributed by atoms with E-state index in [1.54, 1.807) is 19.2 Å². The molecule has 30 heavy (non-hydrogen) atoms. The highest BCUT2D eigenvalue weighted by molar-refractivity contribution is 5.88. The Bertz CT molecular complexity index is 1000. The number of ether oxygens (including phenoxy) is 4. The number of H-pyrrole nitrogens is 1. The van der Waals surface area contributed by atoms with Crippen molar-refractivity contribution in [3.8, 4) is 28.5 Å². The van der Waals surface area contributed by atoms with Gasteiger partial charge in [-0.25, -0.2) is 4.79 Å². The van der Waals surface area contributed by atoms with Crippen LogP contribution in [0.2, 0.25) is 0 Å². The summed E-state index contributed by atoms with van der Waals surface area (Å²) >= 11 is 0. The van der Waals surface area contributed by atoms with Gasteiger partial charge >= 0.3 is 5.97 Å². The van der Waals surface area contributed by atoms with Gasteiger partial charge < -0.3 is 29.0 Å². The van der Waals surface area contributed by atoms with Gasteiger partial charge in [0.15, 0.2) is 11.5 Å². The van der Waals surface area contributed by atoms with Crippen LogP contribution in [0.15, 0.2) is 23.0 Å². The summed E-state index contributed by atoms with van der Waals surface area (Å²) in [6.45, 7) is 6.99. The zero-order valence-electron chi connectivity index (χ0n) is 17.8. The van der Waals surface area contributed by atoms with Crippen LogP contribution in [0.4, 0.5) is 0 Å². The van der Waals surface area contributed by atoms with E-state index in [1.807, 2.05) is 20.8 Å². The Morgan fingerprint density at radius 2 is 1.90 bits per heavy atom. The lowest BCUT2D eigenvalue weighted by Crippen LogP contribution is -2.30. The van der Waals surface area contributed by atoms with Crippen LogP contribution in [0.1, 0.15) is 49.2 Å². The molecule has 1 aliphatic rings. The van der Waals surface area contributed by atoms with Crippen LogP contribution in [0.3, 0.4) is 0 Å². The second-order valence-corrected chi connectivity index (χ2v) is 8.21. The molecule has 8 nitrogen and oxygen atoms in total. The highest BCUT2D eigenvalue weighted by Crippen LogP contribution is 2.50. The van der Waals surface area contributed by atoms with Crippen molar-refractivity contribution in [1.29, 1.82) is 0 Å². The fraction of sp³-hybridized carbons (Fsp3) is 0.455. The molecular weight excluding hydrogens is 390 g/mol. The van der Waals surface area contributed by atoms with Gasteiger partial charge in [0.25, 0.3) is 5.56 Å². The monoisotopic (exact) mass is 417 g/mol. The van der Waals surface area contributed by atoms with Crippen molar-refractivity contribution in [1.82, 2.24) is 4.98 Å². The van der Waals surface area contributed by atoms with Crippen LogP contribution in [-0.4, -0.2) is 43.5 Å². The number of aromatic carboxylic acids is 1. The van der Waals surface area contributed by atoms with Crippen molar-refractivity contribution < 1.29 is 28.8 Å². The Morgan fingerprint density at radius 3 is 2.50 bits per heavy atom. The molecule has 1 unspecified atom stereocenters. The second-order valence-electron chi connectivity index (χ2n) is 8.21. The molecule has 0 fully saturated rings. The maximum Gasteiger partial charge on any atom is 0.341 e. The van der Waals surface area contributed by atoms with Gasteiger partial charge in [-0.15, -0.1) is 0 Å². The summed E-state index contributed by atoms with van der Waals surface area (Å²) in [4.78, 5) is 26.6. The molecule has 0 amide bonds. The molecule has 162 valence electrons. The number of aromatic amines is 1. The van der Waals surface area contributed by atoms with E-state index >= 15 is 0 Å². The van der Waals surface area contributed by atoms with Crippen molar-refractivity contribution in [3.63, 3.8) is 0 Å². The molecule has 1 aromatic carbocycles. The maximum absolute atomic E-state index is 12.4. The number of rotatable bonds is 7. The van der Waals surface area contributed by atoms with Gasteiger partial charge in [0, 0.05) is 42.7 Å². The number of carboxylic acid groups (broad SMARTS) is 1. The predicted molar refractivity (Wildman–Crippen MR) is 111 cm³/mol. The number of carboxylic acids is 1. The number of benzene rings is 1. The number of nitrogens with one attached hydrogen (secondary N) is 1. The summed E-state index contributed by atoms with van der Waals surface area (Å²) in [5, 5.41) is 9.38. The summed E-state index contributed by atoms with van der Waals surface area (Å²) in [7, 11) is 3.16. The van der Waals surface area contributed by atoms with Crippen molar-refractivity contribution in [2.24, 2.45) is 5.41 Å². The van der Waals surface area contributed by atoms with E-state index in [0.717, 1.165) is 6.42 Å². The Kier molecular flexibility index (Phi) is 6.07. The lowest BCUT2D eigenvalue weighted by molar-refractivity contribution is 0.0690. The van der Waals surface area contributed by atoms with Crippen LogP contribution in [0.5, 0.6) is 17.2 Å². The Hall–Kier alpha value is -3.00. The lowest BCUT2D eigenvalue weighted by Gasteiger charge is -2.37. The van der Waals surface area contributed by atoms with Crippen LogP contribution >= 0.6 is 0 Å². The van der Waals surface area contributed by atoms with E-state index in [1.165, 1.54) is 13.2 Å². The molecule has 2 aromatic rings. The first-order chi connectivity index (χ1) is 14.2. The average Bonchev–Trinajstić information content (AvgIpc) is 2.68. The Morgan fingerprint density at radius 1 is 1.17 bits per heavy atom. The van der Waals surface area contributed by atoms with E-state index in [0.29, 0.717) is 47.3 Å². The van der Waals surface area contributed by atoms with Crippen molar-refractivity contribution in [2.45, 2.75) is 33.3 Å². The first kappa shape index (κ1) is 21.7. The van der Waals surface area contributed by atoms with Gasteiger partial charge in [-0.3, -0.25) is 4.79 Å². The molecule has 3 rings (SSSR count). The fourth-order valence-corrected chi connectivity index (χ4v) is 3.46. The average molecular weight is 417 g/mol. The lowest BCUT2D eigenvalue weighted by atomic mass is 9.81. The fourth-order valence-electron chi connectivity index (χ4n) is 3.46. The third kappa shape index (κ3) is 4.14. The molecule has 1 aliphatic heterocycles. The highest BCUT2D eigenvalue weighted by atomic mass is 16.5. The minimum absolute atomic E-state index is 0.319. The zero-order valence-corrected chi connectivity index (χ0v) is 17.8. The number of fused-ring (bicyclic) bond motifs is 3. The smallest absolute Gasteiger partial charge is 0.341 e. The SMILES string of the molecule is COCCCOc1cc2c(cc1OC)-c1[nH]c(=O)c(C(=O)O)cc1C(C(C)(C)C)O2. The molecule has 2 heterocycles. The van der Waals surface area contributed by atoms with Gasteiger partial charge in [0.05, 0.1) is 19.4 Å². The topological polar surface area (TPSA) is 107 Å². The third-order valence-electron chi connectivity index (χ3n) is 4.90. The number of hydrogen-bond acceptors (Lipinski definition) is 6. The Labute approximate surface area is 174 Å². The van der Waals surface area contributed by atoms with Gasteiger partial charge in [0.2, 0.25) is 0 Å². The van der Waals surface area contributed by atoms with E-state index < -0.39 is 17.6 Å². The molecular formula is C22H27NO7. The first-order valence-electron chi connectivity index (χ1n) is 9.68.